The molecular formula is C49H34N8O8. The van der Waals surface area contributed by atoms with Gasteiger partial charge in [-0.15, -0.1) is 15.8 Å². The Labute approximate surface area is 372 Å². The largest absolute Gasteiger partial charge is 0.388 e. The Bertz CT molecular complexity index is 2990. The van der Waals surface area contributed by atoms with E-state index in [-0.39, 0.29) is 0 Å². The van der Waals surface area contributed by atoms with Crippen molar-refractivity contribution in [2.24, 2.45) is 25.0 Å². The highest BCUT2D eigenvalue weighted by atomic mass is 16.5. The summed E-state index contributed by atoms with van der Waals surface area (Å²) in [6, 6.07) is 35.7. The number of hydrogen-bond donors (Lipinski definition) is 0. The van der Waals surface area contributed by atoms with E-state index in [1.807, 2.05) is 62.4 Å². The fraction of sp³-hybridized carbons (Fsp3) is 0.102. The van der Waals surface area contributed by atoms with Gasteiger partial charge in [0.15, 0.2) is 0 Å². The standard InChI is InChI=1S/C16H12N2O2.C15H10N2O2.2C9H6N2O2/c1-11-7-13(3-5-15(11)18-10-19)14-4-6-16(20-9-17)12(2)8-14;16-10-19-15-7-3-13(4-8-15)9-12-1-5-14(6-2-12)17-11-18;1-7-2-3-8(10-5-12)4-9(7)11-6-13;1-7-8(11-6-12)3-2-4-9(7)13-5-10/h3-8H,1-2H3;1-8H,9H2;2*2-4H,1H3. The third-order valence-corrected chi connectivity index (χ3v) is 8.74. The lowest BCUT2D eigenvalue weighted by Gasteiger charge is -2.08. The van der Waals surface area contributed by atoms with Crippen LogP contribution in [0.3, 0.4) is 0 Å². The highest BCUT2D eigenvalue weighted by Gasteiger charge is 2.06. The van der Waals surface area contributed by atoms with Crippen LogP contribution in [0.25, 0.3) is 11.1 Å². The molecule has 0 aliphatic rings. The summed E-state index contributed by atoms with van der Waals surface area (Å²) < 4.78 is 14.2. The van der Waals surface area contributed by atoms with E-state index in [0.29, 0.717) is 51.2 Å². The smallest absolute Gasteiger partial charge is 0.292 e. The van der Waals surface area contributed by atoms with Gasteiger partial charge >= 0.3 is 0 Å². The second-order valence-corrected chi connectivity index (χ2v) is 12.9. The number of aryl methyl sites for hydroxylation is 3. The number of nitriles is 3. The first-order valence-corrected chi connectivity index (χ1v) is 18.7. The monoisotopic (exact) mass is 862 g/mol. The van der Waals surface area contributed by atoms with Gasteiger partial charge in [0, 0.05) is 5.56 Å². The minimum Gasteiger partial charge on any atom is -0.388 e. The molecule has 16 nitrogen and oxygen atoms in total. The average molecular weight is 863 g/mol. The predicted molar refractivity (Wildman–Crippen MR) is 237 cm³/mol. The van der Waals surface area contributed by atoms with Gasteiger partial charge in [-0.1, -0.05) is 48.5 Å². The lowest BCUT2D eigenvalue weighted by atomic mass is 10.0. The lowest BCUT2D eigenvalue weighted by molar-refractivity contribution is 0.503. The van der Waals surface area contributed by atoms with Crippen LogP contribution in [-0.2, 0) is 30.4 Å². The van der Waals surface area contributed by atoms with Crippen LogP contribution < -0.4 is 14.2 Å². The van der Waals surface area contributed by atoms with E-state index < -0.39 is 0 Å². The van der Waals surface area contributed by atoms with Gasteiger partial charge in [-0.3, -0.25) is 0 Å². The van der Waals surface area contributed by atoms with Crippen molar-refractivity contribution in [1.82, 2.24) is 0 Å². The molecule has 0 unspecified atom stereocenters. The van der Waals surface area contributed by atoms with Gasteiger partial charge < -0.3 is 14.2 Å². The number of carbonyl (C=O) groups excluding carboxylic acids is 5. The van der Waals surface area contributed by atoms with Gasteiger partial charge in [0.25, 0.3) is 18.8 Å². The molecule has 0 bridgehead atoms. The number of aliphatic imine (C=N–C) groups is 5. The Morgan fingerprint density at radius 2 is 0.938 bits per heavy atom. The number of isocyanates is 5. The number of rotatable bonds is 11. The second kappa shape index (κ2) is 27.0. The zero-order valence-electron chi connectivity index (χ0n) is 35.1. The molecule has 16 heteroatoms. The average Bonchev–Trinajstić information content (AvgIpc) is 3.30. The van der Waals surface area contributed by atoms with Crippen molar-refractivity contribution >= 4 is 58.8 Å². The Kier molecular flexibility index (Phi) is 20.6. The van der Waals surface area contributed by atoms with Crippen molar-refractivity contribution in [3.05, 3.63) is 155 Å². The molecule has 0 amide bonds. The molecule has 0 radical (unpaired) electrons. The molecule has 6 rings (SSSR count). The number of ether oxygens (including phenoxy) is 3. The van der Waals surface area contributed by atoms with Crippen molar-refractivity contribution in [2.45, 2.75) is 34.1 Å². The maximum Gasteiger partial charge on any atom is 0.292 e. The predicted octanol–water partition coefficient (Wildman–Crippen LogP) is 10.7. The van der Waals surface area contributed by atoms with Gasteiger partial charge in [-0.2, -0.15) is 25.0 Å². The van der Waals surface area contributed by atoms with Crippen LogP contribution in [0.2, 0.25) is 0 Å². The molecular weight excluding hydrogens is 829 g/mol. The third-order valence-electron chi connectivity index (χ3n) is 8.74. The Morgan fingerprint density at radius 1 is 0.431 bits per heavy atom. The highest BCUT2D eigenvalue weighted by molar-refractivity contribution is 5.70. The van der Waals surface area contributed by atoms with E-state index in [2.05, 4.69) is 29.7 Å². The minimum absolute atomic E-state index is 0.402. The minimum atomic E-state index is 0.402. The number of benzene rings is 6. The molecule has 0 atom stereocenters. The van der Waals surface area contributed by atoms with Gasteiger partial charge in [0.05, 0.1) is 28.4 Å². The summed E-state index contributed by atoms with van der Waals surface area (Å²) in [5, 5.41) is 25.2. The first kappa shape index (κ1) is 49.5. The highest BCUT2D eigenvalue weighted by Crippen LogP contribution is 2.30. The third kappa shape index (κ3) is 16.2. The molecule has 0 saturated heterocycles. The molecule has 0 N–H and O–H groups in total. The molecule has 6 aromatic carbocycles. The molecule has 0 aliphatic heterocycles. The van der Waals surface area contributed by atoms with Crippen molar-refractivity contribution in [1.29, 1.82) is 15.8 Å². The summed E-state index contributed by atoms with van der Waals surface area (Å²) >= 11 is 0. The Balaban J connectivity index is 0.000000235. The quantitative estimate of drug-likeness (QED) is 0.0673. The molecule has 318 valence electrons. The molecule has 0 saturated carbocycles. The summed E-state index contributed by atoms with van der Waals surface area (Å²) in [6.45, 7) is 7.28. The fourth-order valence-electron chi connectivity index (χ4n) is 5.53. The van der Waals surface area contributed by atoms with Crippen molar-refractivity contribution in [3.63, 3.8) is 0 Å². The topological polar surface area (TPSA) is 246 Å². The SMILES string of the molecule is Cc1c(N=C=O)cccc1OC#N.Cc1cc(-c2ccc(OC#N)c(C)c2)ccc1N=C=O.Cc1ccc(N=C=O)cc1N=C=O.N#COc1ccc(Cc2ccc(N=C=O)cc2)cc1. The van der Waals surface area contributed by atoms with E-state index in [1.165, 1.54) is 30.4 Å². The zero-order valence-corrected chi connectivity index (χ0v) is 35.1. The normalized spacial score (nSPS) is 8.94. The molecule has 65 heavy (non-hydrogen) atoms. The lowest BCUT2D eigenvalue weighted by Crippen LogP contribution is -1.88. The molecule has 0 spiro atoms. The van der Waals surface area contributed by atoms with Gasteiger partial charge in [0.1, 0.15) is 17.2 Å². The Morgan fingerprint density at radius 3 is 1.51 bits per heavy atom. The zero-order chi connectivity index (χ0) is 47.4. The maximum absolute atomic E-state index is 10.3. The number of hydrogen-bond acceptors (Lipinski definition) is 16. The van der Waals surface area contributed by atoms with E-state index in [4.69, 9.17) is 25.3 Å². The van der Waals surface area contributed by atoms with Crippen molar-refractivity contribution in [3.8, 4) is 47.1 Å². The summed E-state index contributed by atoms with van der Waals surface area (Å²) in [5.41, 5.74) is 10.1. The Hall–Kier alpha value is -9.91. The van der Waals surface area contributed by atoms with Crippen LogP contribution in [0.4, 0.5) is 28.4 Å². The van der Waals surface area contributed by atoms with Gasteiger partial charge in [-0.25, -0.2) is 24.0 Å². The molecule has 0 heterocycles. The van der Waals surface area contributed by atoms with E-state index in [1.54, 1.807) is 105 Å². The first-order chi connectivity index (χ1) is 31.5. The van der Waals surface area contributed by atoms with Crippen LogP contribution >= 0.6 is 0 Å². The van der Waals surface area contributed by atoms with Crippen LogP contribution in [0.1, 0.15) is 33.4 Å². The summed E-state index contributed by atoms with van der Waals surface area (Å²) in [6.07, 6.45) is 12.9. The molecule has 0 aliphatic carbocycles. The van der Waals surface area contributed by atoms with E-state index >= 15 is 0 Å². The molecule has 0 fully saturated rings. The van der Waals surface area contributed by atoms with Crippen LogP contribution in [-0.4, -0.2) is 30.4 Å². The van der Waals surface area contributed by atoms with Crippen LogP contribution in [0.5, 0.6) is 17.2 Å². The second-order valence-electron chi connectivity index (χ2n) is 12.9. The summed E-state index contributed by atoms with van der Waals surface area (Å²) in [5.74, 6) is 1.48. The van der Waals surface area contributed by atoms with E-state index in [9.17, 15) is 24.0 Å². The van der Waals surface area contributed by atoms with Crippen LogP contribution in [0, 0.1) is 62.2 Å². The van der Waals surface area contributed by atoms with Crippen LogP contribution in [0.15, 0.2) is 146 Å². The van der Waals surface area contributed by atoms with Crippen molar-refractivity contribution < 1.29 is 38.2 Å². The fourth-order valence-corrected chi connectivity index (χ4v) is 5.53. The van der Waals surface area contributed by atoms with E-state index in [0.717, 1.165) is 45.4 Å². The number of nitrogens with zero attached hydrogens (tertiary/aromatic N) is 8. The molecule has 6 aromatic rings. The van der Waals surface area contributed by atoms with Gasteiger partial charge in [-0.05, 0) is 146 Å². The maximum atomic E-state index is 10.3. The van der Waals surface area contributed by atoms with Gasteiger partial charge in [0.2, 0.25) is 30.4 Å². The summed E-state index contributed by atoms with van der Waals surface area (Å²) in [7, 11) is 0. The first-order valence-electron chi connectivity index (χ1n) is 18.7. The summed E-state index contributed by atoms with van der Waals surface area (Å²) in [4.78, 5) is 67.8. The molecule has 0 aromatic heterocycles. The van der Waals surface area contributed by atoms with Crippen molar-refractivity contribution in [2.75, 3.05) is 0 Å².